The summed E-state index contributed by atoms with van der Waals surface area (Å²) in [5.74, 6) is -60.0. The Bertz CT molecular complexity index is 1540. The van der Waals surface area contributed by atoms with Gasteiger partial charge in [-0.2, -0.15) is 87.8 Å². The van der Waals surface area contributed by atoms with Crippen molar-refractivity contribution < 1.29 is 107 Å². The van der Waals surface area contributed by atoms with Gasteiger partial charge >= 0.3 is 65.7 Å². The van der Waals surface area contributed by atoms with E-state index in [0.717, 1.165) is 29.8 Å². The van der Waals surface area contributed by atoms with E-state index in [1.165, 1.54) is 0 Å². The van der Waals surface area contributed by atoms with Crippen molar-refractivity contribution >= 4 is 11.9 Å². The molecule has 0 fully saturated rings. The maximum atomic E-state index is 14.2. The molecule has 0 radical (unpaired) electrons. The van der Waals surface area contributed by atoms with E-state index in [2.05, 4.69) is 0 Å². The van der Waals surface area contributed by atoms with Gasteiger partial charge in [0.1, 0.15) is 6.61 Å². The molecule has 54 heavy (non-hydrogen) atoms. The molecule has 0 aliphatic heterocycles. The number of carbonyl (C=O) groups is 2. The zero-order chi connectivity index (χ0) is 42.6. The van der Waals surface area contributed by atoms with Crippen LogP contribution in [-0.4, -0.2) is 76.9 Å². The average molecular weight is 829 g/mol. The Hall–Kier alpha value is -4.06. The van der Waals surface area contributed by atoms with Gasteiger partial charge in [0.25, 0.3) is 0 Å². The molecular weight excluding hydrogens is 806 g/mol. The molecule has 308 valence electrons. The lowest BCUT2D eigenvalue weighted by atomic mass is 9.87. The number of ether oxygens (including phenoxy) is 1. The number of carbonyl (C=O) groups excluding carboxylic acids is 1. The van der Waals surface area contributed by atoms with Crippen molar-refractivity contribution in [1.29, 1.82) is 0 Å². The Kier molecular flexibility index (Phi) is 14.5. The van der Waals surface area contributed by atoms with Crippen LogP contribution in [0.1, 0.15) is 29.5 Å². The molecule has 2 rings (SSSR count). The van der Waals surface area contributed by atoms with Crippen LogP contribution in [0.25, 0.3) is 0 Å². The van der Waals surface area contributed by atoms with E-state index in [-0.39, 0.29) is 12.0 Å². The number of carboxylic acids is 1. The number of hydrogen-bond acceptors (Lipinski definition) is 4. The van der Waals surface area contributed by atoms with Gasteiger partial charge in [-0.15, -0.1) is 0 Å². The quantitative estimate of drug-likeness (QED) is 0.138. The van der Waals surface area contributed by atoms with Crippen LogP contribution in [0.5, 0.6) is 0 Å². The van der Waals surface area contributed by atoms with Crippen molar-refractivity contribution in [2.45, 2.75) is 92.1 Å². The van der Waals surface area contributed by atoms with Crippen molar-refractivity contribution in [1.82, 2.24) is 0 Å². The van der Waals surface area contributed by atoms with Crippen LogP contribution in [-0.2, 0) is 33.8 Å². The molecule has 3 N–H and O–H groups in total. The first-order chi connectivity index (χ1) is 24.0. The van der Waals surface area contributed by atoms with Gasteiger partial charge in [0.15, 0.2) is 0 Å². The fourth-order valence-corrected chi connectivity index (χ4v) is 3.88. The molecule has 0 aromatic heterocycles. The highest BCUT2D eigenvalue weighted by molar-refractivity contribution is 5.73. The molecule has 2 aromatic rings. The Morgan fingerprint density at radius 2 is 0.963 bits per heavy atom. The molecule has 0 amide bonds. The summed E-state index contributed by atoms with van der Waals surface area (Å²) in [4.78, 5) is 20.9. The minimum atomic E-state index is -8.66. The highest BCUT2D eigenvalue weighted by atomic mass is 19.4. The number of hydrogen-bond donors (Lipinski definition) is 2. The van der Waals surface area contributed by atoms with Crippen LogP contribution in [0.15, 0.2) is 54.6 Å². The molecule has 25 heteroatoms. The van der Waals surface area contributed by atoms with Crippen molar-refractivity contribution in [2.75, 3.05) is 0 Å². The fourth-order valence-electron chi connectivity index (χ4n) is 3.88. The molecular formula is C29H23F20NO4. The zero-order valence-electron chi connectivity index (χ0n) is 26.1. The third-order valence-electron chi connectivity index (χ3n) is 6.95. The van der Waals surface area contributed by atoms with Gasteiger partial charge in [0.2, 0.25) is 0 Å². The first-order valence-electron chi connectivity index (χ1n) is 14.1. The molecule has 0 heterocycles. The van der Waals surface area contributed by atoms with Crippen molar-refractivity contribution in [3.8, 4) is 0 Å². The van der Waals surface area contributed by atoms with E-state index in [4.69, 9.17) is 20.4 Å². The molecule has 0 unspecified atom stereocenters. The largest absolute Gasteiger partial charge is 0.490 e. The van der Waals surface area contributed by atoms with Gasteiger partial charge in [-0.1, -0.05) is 54.6 Å². The third-order valence-corrected chi connectivity index (χ3v) is 6.95. The molecule has 0 spiro atoms. The second kappa shape index (κ2) is 16.4. The van der Waals surface area contributed by atoms with E-state index in [0.29, 0.717) is 6.42 Å². The zero-order valence-corrected chi connectivity index (χ0v) is 26.1. The van der Waals surface area contributed by atoms with Crippen molar-refractivity contribution in [2.24, 2.45) is 5.73 Å². The summed E-state index contributed by atoms with van der Waals surface area (Å²) >= 11 is 0. The van der Waals surface area contributed by atoms with Crippen LogP contribution in [0.4, 0.5) is 87.8 Å². The van der Waals surface area contributed by atoms with Crippen LogP contribution < -0.4 is 5.73 Å². The van der Waals surface area contributed by atoms with Gasteiger partial charge in [-0.25, -0.2) is 4.79 Å². The van der Waals surface area contributed by atoms with E-state index < -0.39 is 96.8 Å². The predicted octanol–water partition coefficient (Wildman–Crippen LogP) is 9.27. The van der Waals surface area contributed by atoms with E-state index in [1.807, 2.05) is 0 Å². The summed E-state index contributed by atoms with van der Waals surface area (Å²) < 4.78 is 265. The Morgan fingerprint density at radius 1 is 0.574 bits per heavy atom. The monoisotopic (exact) mass is 829 g/mol. The summed E-state index contributed by atoms with van der Waals surface area (Å²) in [6, 6.07) is 12.0. The highest BCUT2D eigenvalue weighted by Crippen LogP contribution is 2.64. The maximum absolute atomic E-state index is 14.2. The summed E-state index contributed by atoms with van der Waals surface area (Å²) in [6.07, 6.45) is -16.8. The molecule has 0 bridgehead atoms. The highest BCUT2D eigenvalue weighted by Gasteiger charge is 2.95. The third kappa shape index (κ3) is 10.2. The Morgan fingerprint density at radius 3 is 1.37 bits per heavy atom. The minimum Gasteiger partial charge on any atom is -0.475 e. The van der Waals surface area contributed by atoms with E-state index >= 15 is 0 Å². The summed E-state index contributed by atoms with van der Waals surface area (Å²) in [5.41, 5.74) is 6.43. The Balaban J connectivity index is 0.00000189. The first kappa shape index (κ1) is 48.0. The lowest BCUT2D eigenvalue weighted by Gasteiger charge is -2.42. The molecule has 2 aromatic carbocycles. The van der Waals surface area contributed by atoms with Gasteiger partial charge in [-0.3, -0.25) is 4.79 Å². The van der Waals surface area contributed by atoms with Gasteiger partial charge in [-0.05, 0) is 29.5 Å². The molecule has 0 aliphatic rings. The van der Waals surface area contributed by atoms with Crippen LogP contribution >= 0.6 is 0 Å². The lowest BCUT2D eigenvalue weighted by molar-refractivity contribution is -0.461. The first-order valence-corrected chi connectivity index (χ1v) is 14.1. The predicted molar refractivity (Wildman–Crippen MR) is 142 cm³/mol. The second-order valence-electron chi connectivity index (χ2n) is 11.1. The molecule has 1 atom stereocenters. The number of alkyl halides is 20. The van der Waals surface area contributed by atoms with Crippen molar-refractivity contribution in [3.05, 3.63) is 71.3 Å². The lowest BCUT2D eigenvalue weighted by Crippen LogP contribution is -2.74. The van der Waals surface area contributed by atoms with E-state index in [1.54, 1.807) is 30.3 Å². The number of halogens is 20. The van der Waals surface area contributed by atoms with Crippen LogP contribution in [0.3, 0.4) is 0 Å². The van der Waals surface area contributed by atoms with Crippen LogP contribution in [0.2, 0.25) is 0 Å². The SMILES string of the molecule is N[C@H](CC(=O)OCc1ccc(CCC(F)(F)C(F)(F)C(F)(F)C(F)(F)C(F)(F)C(F)(F)C(F)(F)C(F)(F)F)cc1)Cc1ccccc1.O=C(O)C(F)(F)F. The Labute approximate surface area is 289 Å². The van der Waals surface area contributed by atoms with E-state index in [9.17, 15) is 92.6 Å². The standard InChI is InChI=1S/C27H22F17NO2.C2HF3O2/c28-20(29,21(30,31)22(32,33)23(34,35)24(36,37)25(38,39)26(40,41)27(42,43)44)11-10-15-6-8-17(9-7-15)14-47-19(46)13-18(45)12-16-4-2-1-3-5-16;3-2(4,5)1(6)7/h1-9,18H,10-14,45H2;(H,6,7)/t18-;/m0./s1. The number of benzene rings is 2. The average Bonchev–Trinajstić information content (AvgIpc) is 3.02. The maximum Gasteiger partial charge on any atom is 0.490 e. The molecule has 0 saturated carbocycles. The topological polar surface area (TPSA) is 89.6 Å². The normalized spacial score (nSPS) is 14.5. The molecule has 5 nitrogen and oxygen atoms in total. The number of carboxylic acid groups (broad SMARTS) is 1. The second-order valence-corrected chi connectivity index (χ2v) is 11.1. The molecule has 0 aliphatic carbocycles. The van der Waals surface area contributed by atoms with Gasteiger partial charge < -0.3 is 15.6 Å². The number of nitrogens with two attached hydrogens (primary N) is 1. The van der Waals surface area contributed by atoms with Crippen LogP contribution in [0, 0.1) is 0 Å². The smallest absolute Gasteiger partial charge is 0.475 e. The summed E-state index contributed by atoms with van der Waals surface area (Å²) in [5, 5.41) is 7.12. The molecule has 0 saturated heterocycles. The fraction of sp³-hybridized carbons (Fsp3) is 0.517. The minimum absolute atomic E-state index is 0.154. The van der Waals surface area contributed by atoms with Crippen molar-refractivity contribution in [3.63, 3.8) is 0 Å². The number of rotatable bonds is 15. The summed E-state index contributed by atoms with van der Waals surface area (Å²) in [6.45, 7) is -0.432. The summed E-state index contributed by atoms with van der Waals surface area (Å²) in [7, 11) is 0. The number of aliphatic carboxylic acids is 1. The van der Waals surface area contributed by atoms with Gasteiger partial charge in [0.05, 0.1) is 6.42 Å². The number of esters is 1. The van der Waals surface area contributed by atoms with Gasteiger partial charge in [0, 0.05) is 12.5 Å². The number of aryl methyl sites for hydroxylation is 1.